The van der Waals surface area contributed by atoms with Crippen molar-refractivity contribution in [2.45, 2.75) is 20.3 Å². The molecular weight excluding hydrogens is 524 g/mol. The largest absolute Gasteiger partial charge is 0.397 e. The fourth-order valence-corrected chi connectivity index (χ4v) is 6.40. The fourth-order valence-electron chi connectivity index (χ4n) is 6.40. The first-order valence-corrected chi connectivity index (χ1v) is 14.6. The summed E-state index contributed by atoms with van der Waals surface area (Å²) >= 11 is 0. The molecule has 1 aliphatic carbocycles. The van der Waals surface area contributed by atoms with Crippen LogP contribution in [0.15, 0.2) is 127 Å². The summed E-state index contributed by atoms with van der Waals surface area (Å²) in [6, 6.07) is 30.6. The Balaban J connectivity index is 1.46. The SMILES string of the molecule is C=Cc1nc2c3ccccc3c3cc(-c4ccc5c(c4)-c4ccccc4CC5=NC(=C/C)/C(N)=C\C)ccc3c2n1C=C. The van der Waals surface area contributed by atoms with Crippen LogP contribution in [0, 0.1) is 0 Å². The molecule has 0 aliphatic heterocycles. The molecule has 2 N–H and O–H groups in total. The van der Waals surface area contributed by atoms with Gasteiger partial charge in [-0.3, -0.25) is 9.56 Å². The van der Waals surface area contributed by atoms with Crippen LogP contribution < -0.4 is 5.73 Å². The minimum atomic E-state index is 0.683. The second-order valence-corrected chi connectivity index (χ2v) is 10.8. The molecule has 4 nitrogen and oxygen atoms in total. The van der Waals surface area contributed by atoms with Crippen LogP contribution in [-0.2, 0) is 6.42 Å². The number of imidazole rings is 1. The molecule has 4 heteroatoms. The molecule has 6 aromatic rings. The molecule has 7 rings (SSSR count). The van der Waals surface area contributed by atoms with E-state index in [1.807, 2.05) is 36.8 Å². The molecule has 0 saturated carbocycles. The van der Waals surface area contributed by atoms with Gasteiger partial charge in [0.05, 0.1) is 28.1 Å². The third-order valence-corrected chi connectivity index (χ3v) is 8.52. The van der Waals surface area contributed by atoms with Crippen LogP contribution in [0.1, 0.15) is 30.8 Å². The number of nitrogens with two attached hydrogens (primary N) is 1. The molecule has 0 atom stereocenters. The van der Waals surface area contributed by atoms with Gasteiger partial charge in [-0.25, -0.2) is 4.98 Å². The quantitative estimate of drug-likeness (QED) is 0.170. The van der Waals surface area contributed by atoms with E-state index < -0.39 is 0 Å². The van der Waals surface area contributed by atoms with Crippen molar-refractivity contribution in [3.05, 3.63) is 139 Å². The van der Waals surface area contributed by atoms with Crippen LogP contribution >= 0.6 is 0 Å². The third kappa shape index (κ3) is 4.14. The molecule has 0 radical (unpaired) electrons. The number of aromatic nitrogens is 2. The number of nitrogens with zero attached hydrogens (tertiary/aromatic N) is 3. The second kappa shape index (κ2) is 10.4. The molecule has 0 saturated heterocycles. The van der Waals surface area contributed by atoms with Crippen molar-refractivity contribution < 1.29 is 0 Å². The molecule has 0 unspecified atom stereocenters. The second-order valence-electron chi connectivity index (χ2n) is 10.8. The Bertz CT molecular complexity index is 2220. The van der Waals surface area contributed by atoms with E-state index in [-0.39, 0.29) is 0 Å². The Kier molecular flexibility index (Phi) is 6.40. The van der Waals surface area contributed by atoms with Gasteiger partial charge in [0, 0.05) is 29.0 Å². The molecule has 43 heavy (non-hydrogen) atoms. The van der Waals surface area contributed by atoms with E-state index >= 15 is 0 Å². The molecule has 0 spiro atoms. The maximum Gasteiger partial charge on any atom is 0.137 e. The van der Waals surface area contributed by atoms with E-state index in [0.29, 0.717) is 5.70 Å². The minimum Gasteiger partial charge on any atom is -0.397 e. The van der Waals surface area contributed by atoms with Crippen LogP contribution in [0.5, 0.6) is 0 Å². The number of hydrogen-bond acceptors (Lipinski definition) is 3. The molecule has 1 heterocycles. The predicted molar refractivity (Wildman–Crippen MR) is 184 cm³/mol. The summed E-state index contributed by atoms with van der Waals surface area (Å²) < 4.78 is 2.03. The normalized spacial score (nSPS) is 14.3. The number of hydrogen-bond donors (Lipinski definition) is 1. The Morgan fingerprint density at radius 1 is 0.791 bits per heavy atom. The summed E-state index contributed by atoms with van der Waals surface area (Å²) in [5.74, 6) is 0.787. The van der Waals surface area contributed by atoms with E-state index in [2.05, 4.69) is 98.1 Å². The van der Waals surface area contributed by atoms with Gasteiger partial charge in [-0.2, -0.15) is 0 Å². The number of allylic oxidation sites excluding steroid dienone is 2. The Morgan fingerprint density at radius 2 is 1.53 bits per heavy atom. The average molecular weight is 557 g/mol. The third-order valence-electron chi connectivity index (χ3n) is 8.52. The summed E-state index contributed by atoms with van der Waals surface area (Å²) in [6.45, 7) is 12.0. The molecular formula is C39H32N4. The van der Waals surface area contributed by atoms with Crippen LogP contribution in [0.3, 0.4) is 0 Å². The summed E-state index contributed by atoms with van der Waals surface area (Å²) in [5.41, 5.74) is 18.0. The maximum atomic E-state index is 6.28. The van der Waals surface area contributed by atoms with E-state index in [4.69, 9.17) is 15.7 Å². The summed E-state index contributed by atoms with van der Waals surface area (Å²) in [5, 5.41) is 4.61. The number of aliphatic imine (C=N–C) groups is 1. The lowest BCUT2D eigenvalue weighted by molar-refractivity contribution is 1.15. The zero-order valence-electron chi connectivity index (χ0n) is 24.4. The highest BCUT2D eigenvalue weighted by molar-refractivity contribution is 6.24. The van der Waals surface area contributed by atoms with Gasteiger partial charge in [0.25, 0.3) is 0 Å². The molecule has 1 aliphatic rings. The molecule has 0 amide bonds. The van der Waals surface area contributed by atoms with Crippen molar-refractivity contribution in [1.82, 2.24) is 9.55 Å². The Hall–Kier alpha value is -5.48. The smallest absolute Gasteiger partial charge is 0.137 e. The van der Waals surface area contributed by atoms with Gasteiger partial charge in [-0.05, 0) is 70.6 Å². The van der Waals surface area contributed by atoms with Crippen LogP contribution in [0.25, 0.3) is 67.1 Å². The van der Waals surface area contributed by atoms with Crippen LogP contribution in [0.4, 0.5) is 0 Å². The van der Waals surface area contributed by atoms with Crippen molar-refractivity contribution in [3.63, 3.8) is 0 Å². The first kappa shape index (κ1) is 26.4. The molecule has 1 aromatic heterocycles. The summed E-state index contributed by atoms with van der Waals surface area (Å²) in [6.07, 6.45) is 8.24. The number of rotatable bonds is 5. The van der Waals surface area contributed by atoms with Gasteiger partial charge in [-0.1, -0.05) is 98.1 Å². The zero-order valence-corrected chi connectivity index (χ0v) is 24.4. The van der Waals surface area contributed by atoms with Gasteiger partial charge < -0.3 is 5.73 Å². The number of benzene rings is 5. The Morgan fingerprint density at radius 3 is 2.30 bits per heavy atom. The van der Waals surface area contributed by atoms with Crippen molar-refractivity contribution in [1.29, 1.82) is 0 Å². The first-order chi connectivity index (χ1) is 21.1. The molecule has 0 bridgehead atoms. The van der Waals surface area contributed by atoms with Crippen LogP contribution in [0.2, 0.25) is 0 Å². The molecule has 5 aromatic carbocycles. The lowest BCUT2D eigenvalue weighted by atomic mass is 9.82. The van der Waals surface area contributed by atoms with E-state index in [0.717, 1.165) is 62.2 Å². The summed E-state index contributed by atoms with van der Waals surface area (Å²) in [4.78, 5) is 9.99. The van der Waals surface area contributed by atoms with Gasteiger partial charge in [-0.15, -0.1) is 0 Å². The predicted octanol–water partition coefficient (Wildman–Crippen LogP) is 9.53. The molecule has 208 valence electrons. The average Bonchev–Trinajstić information content (AvgIpc) is 3.45. The summed E-state index contributed by atoms with van der Waals surface area (Å²) in [7, 11) is 0. The lowest BCUT2D eigenvalue weighted by Gasteiger charge is -2.23. The van der Waals surface area contributed by atoms with Crippen molar-refractivity contribution >= 4 is 50.6 Å². The van der Waals surface area contributed by atoms with Gasteiger partial charge in [0.2, 0.25) is 0 Å². The highest BCUT2D eigenvalue weighted by Crippen LogP contribution is 2.40. The topological polar surface area (TPSA) is 56.2 Å². The first-order valence-electron chi connectivity index (χ1n) is 14.6. The zero-order chi connectivity index (χ0) is 29.7. The standard InChI is InChI=1S/C39H32N4/c1-5-34(40)35(6-2)41-36-23-26-13-9-10-14-27(26)32-21-24(17-19-29(32)36)25-18-20-31-33(22-25)28-15-11-12-16-30(28)38-39(31)43(8-4)37(7-3)42-38/h5-22H,3-4,23,40H2,1-2H3/b34-5+,35-6+,41-36?. The maximum absolute atomic E-state index is 6.28. The molecule has 0 fully saturated rings. The fraction of sp³-hybridized carbons (Fsp3) is 0.0769. The number of fused-ring (bicyclic) bond motifs is 9. The highest BCUT2D eigenvalue weighted by Gasteiger charge is 2.22. The van der Waals surface area contributed by atoms with Crippen LogP contribution in [-0.4, -0.2) is 15.3 Å². The van der Waals surface area contributed by atoms with Crippen molar-refractivity contribution in [2.24, 2.45) is 10.7 Å². The van der Waals surface area contributed by atoms with Gasteiger partial charge in [0.1, 0.15) is 5.82 Å². The highest BCUT2D eigenvalue weighted by atomic mass is 15.1. The van der Waals surface area contributed by atoms with Gasteiger partial charge in [0.15, 0.2) is 0 Å². The van der Waals surface area contributed by atoms with E-state index in [9.17, 15) is 0 Å². The van der Waals surface area contributed by atoms with Gasteiger partial charge >= 0.3 is 0 Å². The van der Waals surface area contributed by atoms with E-state index in [1.54, 1.807) is 6.08 Å². The lowest BCUT2D eigenvalue weighted by Crippen LogP contribution is -2.15. The van der Waals surface area contributed by atoms with Crippen molar-refractivity contribution in [3.8, 4) is 22.3 Å². The van der Waals surface area contributed by atoms with E-state index in [1.165, 1.54) is 27.5 Å². The monoisotopic (exact) mass is 556 g/mol. The van der Waals surface area contributed by atoms with Crippen molar-refractivity contribution in [2.75, 3.05) is 0 Å². The minimum absolute atomic E-state index is 0.683. The Labute approximate surface area is 251 Å².